The molecular formula is C22H20N2O3S. The Morgan fingerprint density at radius 2 is 1.50 bits per heavy atom. The van der Waals surface area contributed by atoms with E-state index in [2.05, 4.69) is 0 Å². The van der Waals surface area contributed by atoms with Crippen LogP contribution < -0.4 is 9.21 Å². The zero-order chi connectivity index (χ0) is 19.9. The van der Waals surface area contributed by atoms with E-state index in [9.17, 15) is 13.2 Å². The molecule has 0 unspecified atom stereocenters. The Morgan fingerprint density at radius 1 is 0.821 bits per heavy atom. The van der Waals surface area contributed by atoms with Crippen molar-refractivity contribution in [2.45, 2.75) is 25.3 Å². The SMILES string of the molecule is Cc1ccc(N2C(=O)N(Cc3ccccc3)c3ccccc3S2(=O)=O)cc1C. The zero-order valence-electron chi connectivity index (χ0n) is 15.7. The molecule has 0 bridgehead atoms. The standard InChI is InChI=1S/C22H20N2O3S/c1-16-12-13-19(14-17(16)2)24-22(25)23(15-18-8-4-3-5-9-18)20-10-6-7-11-21(20)28(24,26)27/h3-14H,15H2,1-2H3. The quantitative estimate of drug-likeness (QED) is 0.652. The van der Waals surface area contributed by atoms with Crippen LogP contribution in [0.2, 0.25) is 0 Å². The molecule has 6 heteroatoms. The molecule has 0 aromatic heterocycles. The number of hydrogen-bond acceptors (Lipinski definition) is 3. The largest absolute Gasteiger partial charge is 0.343 e. The first-order chi connectivity index (χ1) is 13.4. The van der Waals surface area contributed by atoms with E-state index in [1.165, 1.54) is 4.90 Å². The summed E-state index contributed by atoms with van der Waals surface area (Å²) in [5, 5.41) is 0. The van der Waals surface area contributed by atoms with Crippen LogP contribution in [0.15, 0.2) is 77.7 Å². The van der Waals surface area contributed by atoms with Crippen molar-refractivity contribution < 1.29 is 13.2 Å². The van der Waals surface area contributed by atoms with Gasteiger partial charge in [-0.3, -0.25) is 4.90 Å². The van der Waals surface area contributed by atoms with Crippen LogP contribution in [0.25, 0.3) is 0 Å². The Kier molecular flexibility index (Phi) is 4.43. The molecule has 0 aliphatic carbocycles. The lowest BCUT2D eigenvalue weighted by atomic mass is 10.1. The summed E-state index contributed by atoms with van der Waals surface area (Å²) in [7, 11) is -4.00. The number of amides is 2. The predicted octanol–water partition coefficient (Wildman–Crippen LogP) is 4.64. The highest BCUT2D eigenvalue weighted by Crippen LogP contribution is 2.38. The molecule has 0 fully saturated rings. The number of para-hydroxylation sites is 1. The lowest BCUT2D eigenvalue weighted by Crippen LogP contribution is -2.50. The molecular weight excluding hydrogens is 372 g/mol. The average molecular weight is 392 g/mol. The fraction of sp³-hybridized carbons (Fsp3) is 0.136. The maximum atomic E-state index is 13.4. The number of hydrogen-bond donors (Lipinski definition) is 0. The van der Waals surface area contributed by atoms with E-state index in [-0.39, 0.29) is 11.4 Å². The van der Waals surface area contributed by atoms with Crippen LogP contribution in [-0.2, 0) is 16.6 Å². The molecule has 142 valence electrons. The summed E-state index contributed by atoms with van der Waals surface area (Å²) >= 11 is 0. The molecule has 2 amide bonds. The number of rotatable bonds is 3. The van der Waals surface area contributed by atoms with Gasteiger partial charge in [-0.1, -0.05) is 48.5 Å². The molecule has 28 heavy (non-hydrogen) atoms. The van der Waals surface area contributed by atoms with Crippen molar-refractivity contribution >= 4 is 27.4 Å². The van der Waals surface area contributed by atoms with E-state index in [1.807, 2.05) is 50.2 Å². The number of carbonyl (C=O) groups is 1. The van der Waals surface area contributed by atoms with Gasteiger partial charge in [-0.2, -0.15) is 4.31 Å². The van der Waals surface area contributed by atoms with E-state index >= 15 is 0 Å². The topological polar surface area (TPSA) is 57.7 Å². The highest BCUT2D eigenvalue weighted by molar-refractivity contribution is 7.94. The summed E-state index contributed by atoms with van der Waals surface area (Å²) in [4.78, 5) is 15.0. The zero-order valence-corrected chi connectivity index (χ0v) is 16.5. The lowest BCUT2D eigenvalue weighted by Gasteiger charge is -2.36. The molecule has 0 spiro atoms. The van der Waals surface area contributed by atoms with Crippen molar-refractivity contribution in [3.8, 4) is 0 Å². The Labute approximate surface area is 164 Å². The van der Waals surface area contributed by atoms with E-state index in [1.54, 1.807) is 36.4 Å². The van der Waals surface area contributed by atoms with Gasteiger partial charge in [0.2, 0.25) is 0 Å². The number of anilines is 2. The van der Waals surface area contributed by atoms with Gasteiger partial charge < -0.3 is 0 Å². The summed E-state index contributed by atoms with van der Waals surface area (Å²) in [6.45, 7) is 4.13. The normalized spacial score (nSPS) is 15.4. The van der Waals surface area contributed by atoms with Crippen molar-refractivity contribution in [1.82, 2.24) is 0 Å². The van der Waals surface area contributed by atoms with E-state index in [0.717, 1.165) is 21.0 Å². The van der Waals surface area contributed by atoms with Crippen LogP contribution in [0.4, 0.5) is 16.2 Å². The summed E-state index contributed by atoms with van der Waals surface area (Å²) in [6.07, 6.45) is 0. The van der Waals surface area contributed by atoms with Crippen molar-refractivity contribution in [2.24, 2.45) is 0 Å². The van der Waals surface area contributed by atoms with Gasteiger partial charge in [-0.05, 0) is 54.8 Å². The Hall–Kier alpha value is -3.12. The van der Waals surface area contributed by atoms with Crippen LogP contribution in [0.3, 0.4) is 0 Å². The van der Waals surface area contributed by atoms with Gasteiger partial charge >= 0.3 is 6.03 Å². The number of aryl methyl sites for hydroxylation is 2. The van der Waals surface area contributed by atoms with Gasteiger partial charge in [-0.25, -0.2) is 13.2 Å². The number of fused-ring (bicyclic) bond motifs is 1. The third-order valence-corrected chi connectivity index (χ3v) is 6.74. The van der Waals surface area contributed by atoms with Gasteiger partial charge in [0.05, 0.1) is 17.9 Å². The number of urea groups is 1. The summed E-state index contributed by atoms with van der Waals surface area (Å²) in [5.74, 6) is 0. The van der Waals surface area contributed by atoms with Crippen LogP contribution in [-0.4, -0.2) is 14.4 Å². The van der Waals surface area contributed by atoms with Gasteiger partial charge in [0.25, 0.3) is 10.0 Å². The van der Waals surface area contributed by atoms with Crippen LogP contribution in [0.1, 0.15) is 16.7 Å². The molecule has 1 aliphatic rings. The van der Waals surface area contributed by atoms with Gasteiger partial charge in [0.1, 0.15) is 4.90 Å². The second-order valence-corrected chi connectivity index (χ2v) is 8.62. The summed E-state index contributed by atoms with van der Waals surface area (Å²) < 4.78 is 27.5. The van der Waals surface area contributed by atoms with Crippen molar-refractivity contribution in [1.29, 1.82) is 0 Å². The lowest BCUT2D eigenvalue weighted by molar-refractivity contribution is 0.253. The maximum Gasteiger partial charge on any atom is 0.343 e. The maximum absolute atomic E-state index is 13.4. The van der Waals surface area contributed by atoms with Gasteiger partial charge in [-0.15, -0.1) is 0 Å². The molecule has 1 aliphatic heterocycles. The fourth-order valence-electron chi connectivity index (χ4n) is 3.33. The first kappa shape index (κ1) is 18.3. The highest BCUT2D eigenvalue weighted by atomic mass is 32.2. The fourth-order valence-corrected chi connectivity index (χ4v) is 4.92. The molecule has 0 radical (unpaired) electrons. The first-order valence-electron chi connectivity index (χ1n) is 8.96. The third-order valence-electron chi connectivity index (χ3n) is 4.99. The van der Waals surface area contributed by atoms with Crippen LogP contribution in [0, 0.1) is 13.8 Å². The number of sulfonamides is 1. The monoisotopic (exact) mass is 392 g/mol. The average Bonchev–Trinajstić information content (AvgIpc) is 2.69. The minimum atomic E-state index is -4.00. The first-order valence-corrected chi connectivity index (χ1v) is 10.4. The highest BCUT2D eigenvalue weighted by Gasteiger charge is 2.42. The second kappa shape index (κ2) is 6.80. The number of nitrogens with zero attached hydrogens (tertiary/aromatic N) is 2. The molecule has 3 aromatic rings. The van der Waals surface area contributed by atoms with Gasteiger partial charge in [0.15, 0.2) is 0 Å². The molecule has 0 saturated heterocycles. The number of carbonyl (C=O) groups excluding carboxylic acids is 1. The third kappa shape index (κ3) is 2.96. The predicted molar refractivity (Wildman–Crippen MR) is 110 cm³/mol. The molecule has 0 N–H and O–H groups in total. The molecule has 4 rings (SSSR count). The molecule has 5 nitrogen and oxygen atoms in total. The summed E-state index contributed by atoms with van der Waals surface area (Å²) in [5.41, 5.74) is 3.63. The Balaban J connectivity index is 1.88. The van der Waals surface area contributed by atoms with Gasteiger partial charge in [0, 0.05) is 0 Å². The van der Waals surface area contributed by atoms with Crippen molar-refractivity contribution in [3.05, 3.63) is 89.5 Å². The Morgan fingerprint density at radius 3 is 2.21 bits per heavy atom. The molecule has 3 aromatic carbocycles. The molecule has 1 heterocycles. The van der Waals surface area contributed by atoms with Crippen molar-refractivity contribution in [2.75, 3.05) is 9.21 Å². The Bertz CT molecular complexity index is 1160. The minimum Gasteiger partial charge on any atom is -0.287 e. The molecule has 0 saturated carbocycles. The van der Waals surface area contributed by atoms with Crippen LogP contribution >= 0.6 is 0 Å². The second-order valence-electron chi connectivity index (χ2n) is 6.86. The summed E-state index contributed by atoms with van der Waals surface area (Å²) in [6, 6.07) is 20.8. The minimum absolute atomic E-state index is 0.128. The van der Waals surface area contributed by atoms with Crippen molar-refractivity contribution in [3.63, 3.8) is 0 Å². The van der Waals surface area contributed by atoms with E-state index in [4.69, 9.17) is 0 Å². The van der Waals surface area contributed by atoms with E-state index in [0.29, 0.717) is 11.4 Å². The van der Waals surface area contributed by atoms with Crippen LogP contribution in [0.5, 0.6) is 0 Å². The van der Waals surface area contributed by atoms with E-state index < -0.39 is 16.1 Å². The number of benzene rings is 3. The smallest absolute Gasteiger partial charge is 0.287 e. The molecule has 0 atom stereocenters.